The van der Waals surface area contributed by atoms with Crippen LogP contribution in [0.15, 0.2) is 6.07 Å². The van der Waals surface area contributed by atoms with Crippen molar-refractivity contribution in [1.82, 2.24) is 15.1 Å². The SMILES string of the molecule is CNc1cc(C(=O)CN2CC(O)C2)[nH]n1. The summed E-state index contributed by atoms with van der Waals surface area (Å²) in [5.74, 6) is 0.651. The van der Waals surface area contributed by atoms with Crippen LogP contribution >= 0.6 is 0 Å². The molecule has 2 rings (SSSR count). The van der Waals surface area contributed by atoms with Crippen LogP contribution in [0, 0.1) is 0 Å². The van der Waals surface area contributed by atoms with E-state index in [1.807, 2.05) is 4.90 Å². The summed E-state index contributed by atoms with van der Waals surface area (Å²) in [6.45, 7) is 1.50. The van der Waals surface area contributed by atoms with Crippen LogP contribution in [0.3, 0.4) is 0 Å². The molecule has 1 aromatic rings. The number of hydrogen-bond donors (Lipinski definition) is 3. The van der Waals surface area contributed by atoms with Crippen molar-refractivity contribution >= 4 is 11.6 Å². The topological polar surface area (TPSA) is 81.3 Å². The molecule has 0 atom stereocenters. The lowest BCUT2D eigenvalue weighted by molar-refractivity contribution is 0.00505. The molecule has 0 aliphatic carbocycles. The Kier molecular flexibility index (Phi) is 2.70. The van der Waals surface area contributed by atoms with Gasteiger partial charge in [-0.25, -0.2) is 0 Å². The fraction of sp³-hybridized carbons (Fsp3) is 0.556. The third-order valence-corrected chi connectivity index (χ3v) is 2.44. The molecule has 15 heavy (non-hydrogen) atoms. The molecule has 0 unspecified atom stereocenters. The van der Waals surface area contributed by atoms with Gasteiger partial charge < -0.3 is 10.4 Å². The van der Waals surface area contributed by atoms with Gasteiger partial charge in [0.15, 0.2) is 5.78 Å². The maximum absolute atomic E-state index is 11.7. The Morgan fingerprint density at radius 3 is 3.07 bits per heavy atom. The van der Waals surface area contributed by atoms with Gasteiger partial charge in [-0.3, -0.25) is 14.8 Å². The van der Waals surface area contributed by atoms with Crippen molar-refractivity contribution in [3.63, 3.8) is 0 Å². The standard InChI is InChI=1S/C9H14N4O2/c1-10-9-2-7(11-12-9)8(15)5-13-3-6(14)4-13/h2,6,14H,3-5H2,1H3,(H2,10,11,12). The summed E-state index contributed by atoms with van der Waals surface area (Å²) in [6, 6.07) is 1.68. The number of likely N-dealkylation sites (tertiary alicyclic amines) is 1. The van der Waals surface area contributed by atoms with Gasteiger partial charge in [0.25, 0.3) is 0 Å². The first-order valence-corrected chi connectivity index (χ1v) is 4.86. The number of aromatic amines is 1. The minimum atomic E-state index is -0.271. The quantitative estimate of drug-likeness (QED) is 0.573. The second-order valence-electron chi connectivity index (χ2n) is 3.69. The largest absolute Gasteiger partial charge is 0.390 e. The Labute approximate surface area is 87.3 Å². The second kappa shape index (κ2) is 4.00. The van der Waals surface area contributed by atoms with Crippen LogP contribution in [-0.4, -0.2) is 58.8 Å². The van der Waals surface area contributed by atoms with Crippen molar-refractivity contribution in [1.29, 1.82) is 0 Å². The van der Waals surface area contributed by atoms with Gasteiger partial charge in [-0.15, -0.1) is 0 Å². The number of H-pyrrole nitrogens is 1. The lowest BCUT2D eigenvalue weighted by Crippen LogP contribution is -2.52. The molecule has 1 aromatic heterocycles. The summed E-state index contributed by atoms with van der Waals surface area (Å²) in [4.78, 5) is 13.6. The fourth-order valence-electron chi connectivity index (χ4n) is 1.55. The predicted molar refractivity (Wildman–Crippen MR) is 54.9 cm³/mol. The number of nitrogens with one attached hydrogen (secondary N) is 2. The summed E-state index contributed by atoms with van der Waals surface area (Å²) < 4.78 is 0. The smallest absolute Gasteiger partial charge is 0.194 e. The van der Waals surface area contributed by atoms with Gasteiger partial charge in [0.2, 0.25) is 0 Å². The zero-order chi connectivity index (χ0) is 10.8. The number of aromatic nitrogens is 2. The summed E-state index contributed by atoms with van der Waals surface area (Å²) in [5.41, 5.74) is 0.501. The maximum Gasteiger partial charge on any atom is 0.194 e. The van der Waals surface area contributed by atoms with Crippen molar-refractivity contribution in [2.24, 2.45) is 0 Å². The molecule has 0 radical (unpaired) electrons. The molecule has 0 saturated carbocycles. The Balaban J connectivity index is 1.90. The van der Waals surface area contributed by atoms with Gasteiger partial charge in [0.1, 0.15) is 11.5 Å². The van der Waals surface area contributed by atoms with E-state index < -0.39 is 0 Å². The number of nitrogens with zero attached hydrogens (tertiary/aromatic N) is 2. The van der Waals surface area contributed by atoms with E-state index in [1.165, 1.54) is 0 Å². The Hall–Kier alpha value is -1.40. The van der Waals surface area contributed by atoms with Crippen LogP contribution in [0.2, 0.25) is 0 Å². The number of Topliss-reactive ketones (excluding diaryl/α,β-unsaturated/α-hetero) is 1. The second-order valence-corrected chi connectivity index (χ2v) is 3.69. The molecular weight excluding hydrogens is 196 g/mol. The zero-order valence-corrected chi connectivity index (χ0v) is 8.53. The molecule has 0 bridgehead atoms. The van der Waals surface area contributed by atoms with Crippen molar-refractivity contribution < 1.29 is 9.90 Å². The average molecular weight is 210 g/mol. The summed E-state index contributed by atoms with van der Waals surface area (Å²) in [6.07, 6.45) is -0.271. The Morgan fingerprint density at radius 1 is 1.80 bits per heavy atom. The fourth-order valence-corrected chi connectivity index (χ4v) is 1.55. The van der Waals surface area contributed by atoms with Gasteiger partial charge in [0.05, 0.1) is 12.6 Å². The van der Waals surface area contributed by atoms with Gasteiger partial charge in [-0.2, -0.15) is 5.10 Å². The summed E-state index contributed by atoms with van der Waals surface area (Å²) >= 11 is 0. The zero-order valence-electron chi connectivity index (χ0n) is 8.53. The molecular formula is C9H14N4O2. The minimum absolute atomic E-state index is 0.00380. The van der Waals surface area contributed by atoms with E-state index in [0.29, 0.717) is 31.1 Å². The van der Waals surface area contributed by atoms with E-state index >= 15 is 0 Å². The van der Waals surface area contributed by atoms with Gasteiger partial charge >= 0.3 is 0 Å². The molecule has 1 aliphatic heterocycles. The van der Waals surface area contributed by atoms with Crippen molar-refractivity contribution in [3.05, 3.63) is 11.8 Å². The molecule has 6 heteroatoms. The van der Waals surface area contributed by atoms with Crippen LogP contribution in [-0.2, 0) is 0 Å². The average Bonchev–Trinajstić information content (AvgIpc) is 2.63. The van der Waals surface area contributed by atoms with Crippen molar-refractivity contribution in [2.75, 3.05) is 32.0 Å². The van der Waals surface area contributed by atoms with Crippen LogP contribution in [0.1, 0.15) is 10.5 Å². The number of β-amino-alcohol motifs (C(OH)–C–C–N with tert-alkyl or cyclic N) is 1. The van der Waals surface area contributed by atoms with E-state index in [0.717, 1.165) is 0 Å². The van der Waals surface area contributed by atoms with Gasteiger partial charge in [-0.05, 0) is 0 Å². The van der Waals surface area contributed by atoms with Crippen LogP contribution < -0.4 is 5.32 Å². The van der Waals surface area contributed by atoms with Crippen molar-refractivity contribution in [2.45, 2.75) is 6.10 Å². The van der Waals surface area contributed by atoms with E-state index in [1.54, 1.807) is 13.1 Å². The number of aliphatic hydroxyl groups excluding tert-OH is 1. The van der Waals surface area contributed by atoms with Crippen molar-refractivity contribution in [3.8, 4) is 0 Å². The third kappa shape index (κ3) is 2.16. The highest BCUT2D eigenvalue weighted by molar-refractivity contribution is 5.96. The first-order chi connectivity index (χ1) is 7.19. The third-order valence-electron chi connectivity index (χ3n) is 2.44. The highest BCUT2D eigenvalue weighted by Gasteiger charge is 2.26. The summed E-state index contributed by atoms with van der Waals surface area (Å²) in [5, 5.41) is 18.5. The molecule has 6 nitrogen and oxygen atoms in total. The number of anilines is 1. The molecule has 0 aromatic carbocycles. The number of aliphatic hydroxyl groups is 1. The molecule has 2 heterocycles. The number of carbonyl (C=O) groups is 1. The minimum Gasteiger partial charge on any atom is -0.390 e. The van der Waals surface area contributed by atoms with E-state index in [4.69, 9.17) is 5.11 Å². The highest BCUT2D eigenvalue weighted by Crippen LogP contribution is 2.10. The van der Waals surface area contributed by atoms with E-state index in [9.17, 15) is 4.79 Å². The molecule has 0 spiro atoms. The van der Waals surface area contributed by atoms with Crippen LogP contribution in [0.4, 0.5) is 5.82 Å². The monoisotopic (exact) mass is 210 g/mol. The van der Waals surface area contributed by atoms with Gasteiger partial charge in [-0.1, -0.05) is 0 Å². The molecule has 0 amide bonds. The van der Waals surface area contributed by atoms with Crippen LogP contribution in [0.5, 0.6) is 0 Å². The van der Waals surface area contributed by atoms with E-state index in [2.05, 4.69) is 15.5 Å². The lowest BCUT2D eigenvalue weighted by Gasteiger charge is -2.34. The number of ketones is 1. The molecule has 1 fully saturated rings. The summed E-state index contributed by atoms with van der Waals surface area (Å²) in [7, 11) is 1.75. The maximum atomic E-state index is 11.7. The Bertz CT molecular complexity index is 357. The molecule has 1 saturated heterocycles. The normalized spacial score (nSPS) is 17.5. The first kappa shape index (κ1) is 10.1. The molecule has 1 aliphatic rings. The van der Waals surface area contributed by atoms with Crippen LogP contribution in [0.25, 0.3) is 0 Å². The number of hydrogen-bond acceptors (Lipinski definition) is 5. The Morgan fingerprint density at radius 2 is 2.53 bits per heavy atom. The highest BCUT2D eigenvalue weighted by atomic mass is 16.3. The molecule has 3 N–H and O–H groups in total. The first-order valence-electron chi connectivity index (χ1n) is 4.86. The number of carbonyl (C=O) groups excluding carboxylic acids is 1. The predicted octanol–water partition coefficient (Wildman–Crippen LogP) is -0.689. The lowest BCUT2D eigenvalue weighted by atomic mass is 10.1. The van der Waals surface area contributed by atoms with E-state index in [-0.39, 0.29) is 11.9 Å². The molecule has 82 valence electrons. The number of rotatable bonds is 4. The van der Waals surface area contributed by atoms with Gasteiger partial charge in [0, 0.05) is 26.2 Å².